The number of nitrogens with one attached hydrogen (secondary N) is 1. The summed E-state index contributed by atoms with van der Waals surface area (Å²) in [6.45, 7) is 0.663. The van der Waals surface area contributed by atoms with E-state index in [0.29, 0.717) is 12.2 Å². The zero-order chi connectivity index (χ0) is 20.5. The molecule has 8 heteroatoms. The monoisotopic (exact) mass is 413 g/mol. The predicted octanol–water partition coefficient (Wildman–Crippen LogP) is 4.58. The molecule has 2 aliphatic rings. The summed E-state index contributed by atoms with van der Waals surface area (Å²) in [5.74, 6) is -0.197. The molecule has 1 aliphatic heterocycles. The summed E-state index contributed by atoms with van der Waals surface area (Å²) >= 11 is 6.05. The lowest BCUT2D eigenvalue weighted by molar-refractivity contribution is -0.384. The number of nitro groups is 1. The molecular weight excluding hydrogens is 394 g/mol. The first-order valence-electron chi connectivity index (χ1n) is 9.63. The summed E-state index contributed by atoms with van der Waals surface area (Å²) in [5, 5.41) is 13.6. The van der Waals surface area contributed by atoms with Crippen molar-refractivity contribution >= 4 is 40.5 Å². The average molecular weight is 414 g/mol. The Morgan fingerprint density at radius 1 is 1.14 bits per heavy atom. The topological polar surface area (TPSA) is 92.6 Å². The van der Waals surface area contributed by atoms with Gasteiger partial charge in [-0.25, -0.2) is 0 Å². The molecule has 0 aromatic heterocycles. The molecule has 1 N–H and O–H groups in total. The number of fused-ring (bicyclic) bond motifs is 1. The third-order valence-electron chi connectivity index (χ3n) is 5.62. The average Bonchev–Trinajstić information content (AvgIpc) is 3.37. The lowest BCUT2D eigenvalue weighted by atomic mass is 10.1. The normalized spacial score (nSPS) is 16.0. The van der Waals surface area contributed by atoms with Crippen LogP contribution in [0.5, 0.6) is 0 Å². The molecule has 2 amide bonds. The van der Waals surface area contributed by atoms with E-state index in [0.717, 1.165) is 49.4 Å². The van der Waals surface area contributed by atoms with Crippen LogP contribution in [0.1, 0.15) is 41.6 Å². The quantitative estimate of drug-likeness (QED) is 0.586. The summed E-state index contributed by atoms with van der Waals surface area (Å²) in [4.78, 5) is 37.6. The number of benzene rings is 2. The number of hydrogen-bond donors (Lipinski definition) is 1. The van der Waals surface area contributed by atoms with Crippen LogP contribution in [0.4, 0.5) is 17.1 Å². The number of hydrogen-bond acceptors (Lipinski definition) is 4. The van der Waals surface area contributed by atoms with E-state index in [4.69, 9.17) is 11.6 Å². The molecule has 1 heterocycles. The van der Waals surface area contributed by atoms with E-state index < -0.39 is 10.8 Å². The summed E-state index contributed by atoms with van der Waals surface area (Å²) in [5.41, 5.74) is 2.45. The number of rotatable bonds is 4. The fraction of sp³-hybridized carbons (Fsp3) is 0.333. The van der Waals surface area contributed by atoms with E-state index in [2.05, 4.69) is 5.32 Å². The largest absolute Gasteiger partial charge is 0.322 e. The summed E-state index contributed by atoms with van der Waals surface area (Å²) in [6.07, 6.45) is 4.89. The van der Waals surface area contributed by atoms with Gasteiger partial charge in [0.25, 0.3) is 11.6 Å². The highest BCUT2D eigenvalue weighted by molar-refractivity contribution is 6.34. The minimum Gasteiger partial charge on any atom is -0.322 e. The second kappa shape index (κ2) is 7.83. The molecule has 0 unspecified atom stereocenters. The Bertz CT molecular complexity index is 1000. The Morgan fingerprint density at radius 3 is 2.59 bits per heavy atom. The van der Waals surface area contributed by atoms with Crippen LogP contribution in [0.15, 0.2) is 36.4 Å². The Kier molecular flexibility index (Phi) is 5.24. The van der Waals surface area contributed by atoms with E-state index >= 15 is 0 Å². The zero-order valence-electron chi connectivity index (χ0n) is 15.7. The van der Waals surface area contributed by atoms with Gasteiger partial charge in [0, 0.05) is 36.0 Å². The van der Waals surface area contributed by atoms with Gasteiger partial charge in [-0.3, -0.25) is 19.7 Å². The minimum atomic E-state index is -0.565. The van der Waals surface area contributed by atoms with Crippen LogP contribution in [0.3, 0.4) is 0 Å². The van der Waals surface area contributed by atoms with Gasteiger partial charge in [-0.1, -0.05) is 30.5 Å². The third-order valence-corrected chi connectivity index (χ3v) is 5.93. The van der Waals surface area contributed by atoms with E-state index in [1.165, 1.54) is 12.1 Å². The Hall–Kier alpha value is -2.93. The molecule has 0 spiro atoms. The zero-order valence-corrected chi connectivity index (χ0v) is 16.4. The predicted molar refractivity (Wildman–Crippen MR) is 111 cm³/mol. The van der Waals surface area contributed by atoms with Crippen molar-refractivity contribution in [2.75, 3.05) is 16.8 Å². The van der Waals surface area contributed by atoms with Crippen LogP contribution in [0, 0.1) is 16.0 Å². The van der Waals surface area contributed by atoms with E-state index in [9.17, 15) is 19.7 Å². The minimum absolute atomic E-state index is 0.0101. The number of non-ortho nitro benzene ring substituents is 1. The van der Waals surface area contributed by atoms with Crippen molar-refractivity contribution < 1.29 is 14.5 Å². The van der Waals surface area contributed by atoms with Gasteiger partial charge in [0.05, 0.1) is 15.5 Å². The van der Waals surface area contributed by atoms with E-state index in [1.807, 2.05) is 17.0 Å². The van der Waals surface area contributed by atoms with Crippen molar-refractivity contribution in [3.8, 4) is 0 Å². The van der Waals surface area contributed by atoms with E-state index in [1.54, 1.807) is 6.07 Å². The molecule has 0 radical (unpaired) electrons. The molecule has 1 fully saturated rings. The number of nitrogens with zero attached hydrogens (tertiary/aromatic N) is 2. The summed E-state index contributed by atoms with van der Waals surface area (Å²) < 4.78 is 0. The number of amides is 2. The van der Waals surface area contributed by atoms with Crippen molar-refractivity contribution in [1.29, 1.82) is 0 Å². The smallest absolute Gasteiger partial charge is 0.270 e. The first kappa shape index (κ1) is 19.4. The first-order chi connectivity index (χ1) is 13.9. The lowest BCUT2D eigenvalue weighted by Gasteiger charge is -2.21. The highest BCUT2D eigenvalue weighted by atomic mass is 35.5. The van der Waals surface area contributed by atoms with Crippen LogP contribution < -0.4 is 10.2 Å². The van der Waals surface area contributed by atoms with Gasteiger partial charge in [-0.15, -0.1) is 0 Å². The number of nitro benzene ring substituents is 1. The van der Waals surface area contributed by atoms with Gasteiger partial charge in [-0.05, 0) is 43.0 Å². The second-order valence-electron chi connectivity index (χ2n) is 7.44. The van der Waals surface area contributed by atoms with Crippen molar-refractivity contribution in [2.45, 2.75) is 32.1 Å². The molecule has 4 rings (SSSR count). The molecule has 2 aromatic carbocycles. The Balaban J connectivity index is 1.53. The fourth-order valence-corrected chi connectivity index (χ4v) is 4.34. The van der Waals surface area contributed by atoms with Gasteiger partial charge in [0.15, 0.2) is 0 Å². The van der Waals surface area contributed by atoms with Crippen LogP contribution in [-0.2, 0) is 11.2 Å². The van der Waals surface area contributed by atoms with Gasteiger partial charge < -0.3 is 10.2 Å². The van der Waals surface area contributed by atoms with Crippen molar-refractivity contribution in [2.24, 2.45) is 5.92 Å². The molecule has 0 bridgehead atoms. The number of carbonyl (C=O) groups is 2. The maximum Gasteiger partial charge on any atom is 0.270 e. The molecular formula is C21H20ClN3O4. The number of halogens is 1. The van der Waals surface area contributed by atoms with Crippen molar-refractivity contribution in [3.05, 3.63) is 62.7 Å². The summed E-state index contributed by atoms with van der Waals surface area (Å²) in [7, 11) is 0. The molecule has 1 aliphatic carbocycles. The fourth-order valence-electron chi connectivity index (χ4n) is 4.08. The van der Waals surface area contributed by atoms with Gasteiger partial charge >= 0.3 is 0 Å². The van der Waals surface area contributed by atoms with Gasteiger partial charge in [0.2, 0.25) is 5.91 Å². The van der Waals surface area contributed by atoms with E-state index in [-0.39, 0.29) is 28.1 Å². The maximum absolute atomic E-state index is 12.9. The summed E-state index contributed by atoms with van der Waals surface area (Å²) in [6, 6.07) is 9.25. The van der Waals surface area contributed by atoms with Crippen molar-refractivity contribution in [1.82, 2.24) is 0 Å². The Labute approximate surface area is 172 Å². The number of carbonyl (C=O) groups excluding carboxylic acids is 2. The molecule has 1 saturated carbocycles. The SMILES string of the molecule is O=C(Nc1ccc2c(c1)N(C(=O)C1CCCC1)CC2)c1ccc([N+](=O)[O-])cc1Cl. The van der Waals surface area contributed by atoms with Gasteiger partial charge in [0.1, 0.15) is 0 Å². The molecule has 2 aromatic rings. The van der Waals surface area contributed by atoms with Crippen LogP contribution >= 0.6 is 11.6 Å². The molecule has 150 valence electrons. The first-order valence-corrected chi connectivity index (χ1v) is 10.0. The van der Waals surface area contributed by atoms with Crippen molar-refractivity contribution in [3.63, 3.8) is 0 Å². The molecule has 0 atom stereocenters. The third kappa shape index (κ3) is 3.82. The maximum atomic E-state index is 12.9. The molecule has 0 saturated heterocycles. The number of anilines is 2. The standard InChI is InChI=1S/C21H20ClN3O4/c22-18-12-16(25(28)29)7-8-17(18)20(26)23-15-6-5-13-9-10-24(19(13)11-15)21(27)14-3-1-2-4-14/h5-8,11-12,14H,1-4,9-10H2,(H,23,26). The van der Waals surface area contributed by atoms with Crippen LogP contribution in [-0.4, -0.2) is 23.3 Å². The lowest BCUT2D eigenvalue weighted by Crippen LogP contribution is -2.33. The van der Waals surface area contributed by atoms with Gasteiger partial charge in [-0.2, -0.15) is 0 Å². The van der Waals surface area contributed by atoms with Crippen LogP contribution in [0.25, 0.3) is 0 Å². The molecule has 7 nitrogen and oxygen atoms in total. The molecule has 29 heavy (non-hydrogen) atoms. The highest BCUT2D eigenvalue weighted by Gasteiger charge is 2.32. The second-order valence-corrected chi connectivity index (χ2v) is 7.85. The Morgan fingerprint density at radius 2 is 1.90 bits per heavy atom. The van der Waals surface area contributed by atoms with Crippen LogP contribution in [0.2, 0.25) is 5.02 Å². The highest BCUT2D eigenvalue weighted by Crippen LogP contribution is 2.35.